The maximum atomic E-state index is 10.8. The molecule has 1 N–H and O–H groups in total. The highest BCUT2D eigenvalue weighted by Gasteiger charge is 2.32. The minimum absolute atomic E-state index is 0.0440. The Balaban J connectivity index is 1.88. The molecular formula is C17H20N4O2S. The van der Waals surface area contributed by atoms with Crippen molar-refractivity contribution in [1.82, 2.24) is 19.5 Å². The number of thiazole rings is 1. The third-order valence-electron chi connectivity index (χ3n) is 4.49. The van der Waals surface area contributed by atoms with Gasteiger partial charge in [-0.15, -0.1) is 5.10 Å². The van der Waals surface area contributed by atoms with Crippen LogP contribution in [0.2, 0.25) is 0 Å². The number of fused-ring (bicyclic) bond motifs is 1. The molecule has 1 aliphatic rings. The van der Waals surface area contributed by atoms with E-state index >= 15 is 0 Å². The van der Waals surface area contributed by atoms with Crippen LogP contribution >= 0.6 is 11.3 Å². The summed E-state index contributed by atoms with van der Waals surface area (Å²) in [6.45, 7) is 3.85. The van der Waals surface area contributed by atoms with Gasteiger partial charge in [0.1, 0.15) is 11.6 Å². The van der Waals surface area contributed by atoms with Gasteiger partial charge in [-0.05, 0) is 38.9 Å². The van der Waals surface area contributed by atoms with Crippen LogP contribution in [-0.2, 0) is 0 Å². The van der Waals surface area contributed by atoms with Crippen LogP contribution in [0.25, 0.3) is 4.96 Å². The molecule has 126 valence electrons. The average Bonchev–Trinajstić information content (AvgIpc) is 3.29. The molecule has 1 atom stereocenters. The molecule has 6 nitrogen and oxygen atoms in total. The number of hydrogen-bond donors (Lipinski definition) is 1. The van der Waals surface area contributed by atoms with Gasteiger partial charge in [-0.25, -0.2) is 4.98 Å². The van der Waals surface area contributed by atoms with Crippen molar-refractivity contribution < 1.29 is 9.84 Å². The second-order valence-corrected chi connectivity index (χ2v) is 7.04. The third-order valence-corrected chi connectivity index (χ3v) is 5.57. The highest BCUT2D eigenvalue weighted by atomic mass is 32.1. The lowest BCUT2D eigenvalue weighted by Gasteiger charge is -2.28. The molecule has 1 saturated heterocycles. The Kier molecular flexibility index (Phi) is 3.90. The largest absolute Gasteiger partial charge is 0.496 e. The lowest BCUT2D eigenvalue weighted by Crippen LogP contribution is -2.26. The number of aromatic nitrogens is 3. The first-order valence-corrected chi connectivity index (χ1v) is 8.92. The molecule has 0 aliphatic carbocycles. The van der Waals surface area contributed by atoms with Gasteiger partial charge in [0, 0.05) is 5.56 Å². The molecular weight excluding hydrogens is 324 g/mol. The van der Waals surface area contributed by atoms with Gasteiger partial charge in [0.05, 0.1) is 18.0 Å². The van der Waals surface area contributed by atoms with Gasteiger partial charge < -0.3 is 9.84 Å². The van der Waals surface area contributed by atoms with E-state index in [1.807, 2.05) is 25.1 Å². The summed E-state index contributed by atoms with van der Waals surface area (Å²) in [5.41, 5.74) is 1.07. The van der Waals surface area contributed by atoms with Crippen LogP contribution in [0.4, 0.5) is 0 Å². The van der Waals surface area contributed by atoms with E-state index in [1.165, 1.54) is 28.7 Å². The van der Waals surface area contributed by atoms with Crippen molar-refractivity contribution in [2.75, 3.05) is 20.2 Å². The van der Waals surface area contributed by atoms with Crippen molar-refractivity contribution >= 4 is 16.3 Å². The second kappa shape index (κ2) is 6.07. The quantitative estimate of drug-likeness (QED) is 0.788. The first-order valence-electron chi connectivity index (χ1n) is 8.11. The van der Waals surface area contributed by atoms with E-state index in [1.54, 1.807) is 7.11 Å². The predicted molar refractivity (Wildman–Crippen MR) is 92.9 cm³/mol. The van der Waals surface area contributed by atoms with E-state index in [-0.39, 0.29) is 11.9 Å². The molecule has 4 rings (SSSR count). The van der Waals surface area contributed by atoms with E-state index in [4.69, 9.17) is 4.74 Å². The minimum Gasteiger partial charge on any atom is -0.496 e. The Morgan fingerprint density at radius 3 is 2.71 bits per heavy atom. The predicted octanol–water partition coefficient (Wildman–Crippen LogP) is 3.00. The summed E-state index contributed by atoms with van der Waals surface area (Å²) in [5.74, 6) is 1.68. The topological polar surface area (TPSA) is 62.9 Å². The van der Waals surface area contributed by atoms with Gasteiger partial charge >= 0.3 is 0 Å². The van der Waals surface area contributed by atoms with Crippen LogP contribution in [0.5, 0.6) is 11.6 Å². The summed E-state index contributed by atoms with van der Waals surface area (Å²) in [6, 6.07) is 7.98. The molecule has 0 bridgehead atoms. The summed E-state index contributed by atoms with van der Waals surface area (Å²) in [4.78, 5) is 8.39. The molecule has 2 aromatic heterocycles. The summed E-state index contributed by atoms with van der Waals surface area (Å²) >= 11 is 1.50. The second-order valence-electron chi connectivity index (χ2n) is 6.03. The number of methoxy groups -OCH3 is 1. The lowest BCUT2D eigenvalue weighted by molar-refractivity contribution is 0.270. The van der Waals surface area contributed by atoms with E-state index in [9.17, 15) is 5.11 Å². The average molecular weight is 344 g/mol. The van der Waals surface area contributed by atoms with E-state index in [0.29, 0.717) is 5.82 Å². The van der Waals surface area contributed by atoms with E-state index in [2.05, 4.69) is 21.0 Å². The number of ether oxygens (including phenoxy) is 1. The first-order chi connectivity index (χ1) is 11.7. The van der Waals surface area contributed by atoms with E-state index < -0.39 is 0 Å². The van der Waals surface area contributed by atoms with Crippen molar-refractivity contribution in [3.05, 3.63) is 40.5 Å². The molecule has 0 saturated carbocycles. The highest BCUT2D eigenvalue weighted by molar-refractivity contribution is 7.17. The van der Waals surface area contributed by atoms with Gasteiger partial charge in [-0.2, -0.15) is 4.52 Å². The normalized spacial score (nSPS) is 16.8. The van der Waals surface area contributed by atoms with Gasteiger partial charge in [0.2, 0.25) is 10.8 Å². The number of rotatable bonds is 4. The molecule has 0 amide bonds. The zero-order chi connectivity index (χ0) is 16.7. The summed E-state index contributed by atoms with van der Waals surface area (Å²) in [5, 5.41) is 15.1. The highest BCUT2D eigenvalue weighted by Crippen LogP contribution is 2.43. The zero-order valence-electron chi connectivity index (χ0n) is 13.8. The third kappa shape index (κ3) is 2.44. The first kappa shape index (κ1) is 15.4. The fraction of sp³-hybridized carbons (Fsp3) is 0.412. The number of aromatic hydroxyl groups is 1. The molecule has 24 heavy (non-hydrogen) atoms. The molecule has 7 heteroatoms. The summed E-state index contributed by atoms with van der Waals surface area (Å²) < 4.78 is 7.12. The van der Waals surface area contributed by atoms with Crippen LogP contribution in [0.1, 0.15) is 35.1 Å². The van der Waals surface area contributed by atoms with Crippen molar-refractivity contribution in [1.29, 1.82) is 0 Å². The molecule has 3 heterocycles. The Labute approximate surface area is 144 Å². The van der Waals surface area contributed by atoms with Gasteiger partial charge in [-0.1, -0.05) is 29.5 Å². The number of nitrogens with zero attached hydrogens (tertiary/aromatic N) is 4. The number of benzene rings is 1. The fourth-order valence-electron chi connectivity index (χ4n) is 3.42. The Morgan fingerprint density at radius 2 is 2.00 bits per heavy atom. The SMILES string of the molecule is COc1ccccc1[C@H](c1sc2nc(C)nn2c1O)N1CCCC1. The van der Waals surface area contributed by atoms with Crippen LogP contribution in [0.3, 0.4) is 0 Å². The van der Waals surface area contributed by atoms with Crippen LogP contribution < -0.4 is 4.74 Å². The monoisotopic (exact) mass is 344 g/mol. The standard InChI is InChI=1S/C17H20N4O2S/c1-11-18-17-21(19-11)16(22)15(24-17)14(20-9-5-6-10-20)12-7-3-4-8-13(12)23-2/h3-4,7-8,14,22H,5-6,9-10H2,1-2H3/t14-/m1/s1. The van der Waals surface area contributed by atoms with Crippen LogP contribution in [-0.4, -0.2) is 44.8 Å². The summed E-state index contributed by atoms with van der Waals surface area (Å²) in [7, 11) is 1.69. The fourth-order valence-corrected chi connectivity index (χ4v) is 4.58. The minimum atomic E-state index is -0.0440. The number of para-hydroxylation sites is 1. The van der Waals surface area contributed by atoms with Crippen LogP contribution in [0, 0.1) is 6.92 Å². The van der Waals surface area contributed by atoms with Gasteiger partial charge in [0.15, 0.2) is 0 Å². The maximum Gasteiger partial charge on any atom is 0.230 e. The van der Waals surface area contributed by atoms with Crippen molar-refractivity contribution in [2.45, 2.75) is 25.8 Å². The van der Waals surface area contributed by atoms with Crippen molar-refractivity contribution in [3.8, 4) is 11.6 Å². The molecule has 0 radical (unpaired) electrons. The molecule has 1 fully saturated rings. The Morgan fingerprint density at radius 1 is 1.25 bits per heavy atom. The smallest absolute Gasteiger partial charge is 0.230 e. The van der Waals surface area contributed by atoms with Gasteiger partial charge in [0.25, 0.3) is 0 Å². The molecule has 1 aliphatic heterocycles. The molecule has 0 unspecified atom stereocenters. The summed E-state index contributed by atoms with van der Waals surface area (Å²) in [6.07, 6.45) is 2.35. The number of likely N-dealkylation sites (tertiary alicyclic amines) is 1. The van der Waals surface area contributed by atoms with Crippen LogP contribution in [0.15, 0.2) is 24.3 Å². The molecule has 1 aromatic carbocycles. The van der Waals surface area contributed by atoms with Gasteiger partial charge in [-0.3, -0.25) is 4.90 Å². The Hall–Kier alpha value is -2.12. The molecule has 0 spiro atoms. The Bertz CT molecular complexity index is 867. The number of hydrogen-bond acceptors (Lipinski definition) is 6. The maximum absolute atomic E-state index is 10.8. The lowest BCUT2D eigenvalue weighted by atomic mass is 10.0. The molecule has 3 aromatic rings. The van der Waals surface area contributed by atoms with Crippen molar-refractivity contribution in [3.63, 3.8) is 0 Å². The number of aryl methyl sites for hydroxylation is 1. The van der Waals surface area contributed by atoms with Crippen molar-refractivity contribution in [2.24, 2.45) is 0 Å². The zero-order valence-corrected chi connectivity index (χ0v) is 14.6. The van der Waals surface area contributed by atoms with E-state index in [0.717, 1.165) is 34.2 Å².